The Balaban J connectivity index is 2.08. The van der Waals surface area contributed by atoms with Crippen molar-refractivity contribution in [2.45, 2.75) is 39.7 Å². The van der Waals surface area contributed by atoms with E-state index in [1.165, 1.54) is 11.1 Å². The first-order chi connectivity index (χ1) is 10.5. The first-order valence-corrected chi connectivity index (χ1v) is 7.72. The number of benzene rings is 2. The lowest BCUT2D eigenvalue weighted by Crippen LogP contribution is -2.22. The summed E-state index contributed by atoms with van der Waals surface area (Å²) in [7, 11) is 0. The highest BCUT2D eigenvalue weighted by Crippen LogP contribution is 2.34. The maximum absolute atomic E-state index is 11.6. The number of anilines is 1. The van der Waals surface area contributed by atoms with Gasteiger partial charge in [0.15, 0.2) is 0 Å². The van der Waals surface area contributed by atoms with E-state index in [0.717, 1.165) is 34.4 Å². The summed E-state index contributed by atoms with van der Waals surface area (Å²) in [6.07, 6.45) is 1.34. The van der Waals surface area contributed by atoms with E-state index in [0.29, 0.717) is 6.42 Å². The summed E-state index contributed by atoms with van der Waals surface area (Å²) in [5.41, 5.74) is 14.5. The fourth-order valence-corrected chi connectivity index (χ4v) is 3.20. The summed E-state index contributed by atoms with van der Waals surface area (Å²) in [5, 5.41) is 3.00. The molecule has 114 valence electrons. The standard InChI is InChI=1S/C19H22N2O/c1-11-5-4-6-14(9-11)18(20)16-10-15-7-8-17(22)21-19(15)13(3)12(16)2/h4-6,9-10,18H,7-8,20H2,1-3H3,(H,21,22). The average molecular weight is 294 g/mol. The maximum atomic E-state index is 11.6. The van der Waals surface area contributed by atoms with Crippen LogP contribution in [0.25, 0.3) is 0 Å². The first kappa shape index (κ1) is 14.8. The molecule has 0 bridgehead atoms. The van der Waals surface area contributed by atoms with Crippen LogP contribution >= 0.6 is 0 Å². The normalized spacial score (nSPS) is 15.2. The van der Waals surface area contributed by atoms with Crippen LogP contribution in [-0.2, 0) is 11.2 Å². The van der Waals surface area contributed by atoms with Gasteiger partial charge in [-0.15, -0.1) is 0 Å². The summed E-state index contributed by atoms with van der Waals surface area (Å²) in [6, 6.07) is 10.4. The third-order valence-electron chi connectivity index (χ3n) is 4.64. The Morgan fingerprint density at radius 3 is 2.59 bits per heavy atom. The third kappa shape index (κ3) is 2.53. The molecule has 3 heteroatoms. The highest BCUT2D eigenvalue weighted by molar-refractivity contribution is 5.95. The maximum Gasteiger partial charge on any atom is 0.224 e. The van der Waals surface area contributed by atoms with Crippen molar-refractivity contribution < 1.29 is 4.79 Å². The predicted octanol–water partition coefficient (Wildman–Crippen LogP) is 3.54. The lowest BCUT2D eigenvalue weighted by molar-refractivity contribution is -0.116. The van der Waals surface area contributed by atoms with E-state index in [1.807, 2.05) is 6.07 Å². The molecule has 3 rings (SSSR count). The van der Waals surface area contributed by atoms with Gasteiger partial charge >= 0.3 is 0 Å². The molecule has 0 radical (unpaired) electrons. The van der Waals surface area contributed by atoms with Gasteiger partial charge in [-0.3, -0.25) is 4.79 Å². The number of rotatable bonds is 2. The molecule has 22 heavy (non-hydrogen) atoms. The van der Waals surface area contributed by atoms with Crippen LogP contribution in [0.15, 0.2) is 30.3 Å². The molecule has 0 aromatic heterocycles. The molecule has 2 aromatic carbocycles. The Morgan fingerprint density at radius 1 is 1.09 bits per heavy atom. The van der Waals surface area contributed by atoms with Crippen LogP contribution in [0.1, 0.15) is 45.8 Å². The van der Waals surface area contributed by atoms with Crippen LogP contribution in [0.3, 0.4) is 0 Å². The molecular formula is C19H22N2O. The van der Waals surface area contributed by atoms with Gasteiger partial charge in [0.2, 0.25) is 5.91 Å². The molecule has 0 aliphatic carbocycles. The fraction of sp³-hybridized carbons (Fsp3) is 0.316. The van der Waals surface area contributed by atoms with Gasteiger partial charge in [-0.2, -0.15) is 0 Å². The highest BCUT2D eigenvalue weighted by Gasteiger charge is 2.22. The van der Waals surface area contributed by atoms with Crippen molar-refractivity contribution in [3.63, 3.8) is 0 Å². The minimum Gasteiger partial charge on any atom is -0.326 e. The summed E-state index contributed by atoms with van der Waals surface area (Å²) < 4.78 is 0. The minimum atomic E-state index is -0.137. The number of aryl methyl sites for hydroxylation is 2. The number of amides is 1. The van der Waals surface area contributed by atoms with Gasteiger partial charge in [0.1, 0.15) is 0 Å². The quantitative estimate of drug-likeness (QED) is 0.890. The second-order valence-corrected chi connectivity index (χ2v) is 6.19. The van der Waals surface area contributed by atoms with Crippen LogP contribution in [0.5, 0.6) is 0 Å². The highest BCUT2D eigenvalue weighted by atomic mass is 16.1. The van der Waals surface area contributed by atoms with Gasteiger partial charge in [0.05, 0.1) is 6.04 Å². The zero-order valence-electron chi connectivity index (χ0n) is 13.4. The zero-order valence-corrected chi connectivity index (χ0v) is 13.4. The van der Waals surface area contributed by atoms with Crippen LogP contribution in [0.4, 0.5) is 5.69 Å². The predicted molar refractivity (Wildman–Crippen MR) is 90.1 cm³/mol. The van der Waals surface area contributed by atoms with E-state index >= 15 is 0 Å². The molecule has 1 aliphatic heterocycles. The first-order valence-electron chi connectivity index (χ1n) is 7.72. The van der Waals surface area contributed by atoms with Gasteiger partial charge in [0.25, 0.3) is 0 Å². The van der Waals surface area contributed by atoms with Crippen LogP contribution < -0.4 is 11.1 Å². The van der Waals surface area contributed by atoms with Crippen LogP contribution in [0, 0.1) is 20.8 Å². The number of carbonyl (C=O) groups excluding carboxylic acids is 1. The number of hydrogen-bond acceptors (Lipinski definition) is 2. The molecule has 3 N–H and O–H groups in total. The van der Waals surface area contributed by atoms with E-state index in [9.17, 15) is 4.79 Å². The third-order valence-corrected chi connectivity index (χ3v) is 4.64. The molecule has 1 heterocycles. The smallest absolute Gasteiger partial charge is 0.224 e. The molecule has 1 atom stereocenters. The molecule has 2 aromatic rings. The second kappa shape index (κ2) is 5.58. The lowest BCUT2D eigenvalue weighted by atomic mass is 9.87. The van der Waals surface area contributed by atoms with Gasteiger partial charge in [-0.1, -0.05) is 35.9 Å². The lowest BCUT2D eigenvalue weighted by Gasteiger charge is -2.25. The van der Waals surface area contributed by atoms with Crippen molar-refractivity contribution in [2.75, 3.05) is 5.32 Å². The Hall–Kier alpha value is -2.13. The number of nitrogens with one attached hydrogen (secondary N) is 1. The zero-order chi connectivity index (χ0) is 15.9. The van der Waals surface area contributed by atoms with Crippen molar-refractivity contribution in [1.82, 2.24) is 0 Å². The SMILES string of the molecule is Cc1cccc(C(N)c2cc3c(c(C)c2C)NC(=O)CC3)c1. The number of fused-ring (bicyclic) bond motifs is 1. The van der Waals surface area contributed by atoms with Gasteiger partial charge < -0.3 is 11.1 Å². The van der Waals surface area contributed by atoms with Gasteiger partial charge in [-0.05, 0) is 55.0 Å². The average Bonchev–Trinajstić information content (AvgIpc) is 2.50. The summed E-state index contributed by atoms with van der Waals surface area (Å²) in [5.74, 6) is 0.103. The minimum absolute atomic E-state index is 0.103. The Morgan fingerprint density at radius 2 is 1.86 bits per heavy atom. The molecule has 1 amide bonds. The van der Waals surface area contributed by atoms with E-state index in [2.05, 4.69) is 50.4 Å². The molecule has 3 nitrogen and oxygen atoms in total. The Kier molecular flexibility index (Phi) is 3.75. The topological polar surface area (TPSA) is 55.1 Å². The summed E-state index contributed by atoms with van der Waals surface area (Å²) in [6.45, 7) is 6.23. The summed E-state index contributed by atoms with van der Waals surface area (Å²) >= 11 is 0. The number of nitrogens with two attached hydrogens (primary N) is 1. The van der Waals surface area contributed by atoms with Crippen molar-refractivity contribution in [3.05, 3.63) is 63.7 Å². The molecule has 0 spiro atoms. The van der Waals surface area contributed by atoms with Crippen LogP contribution in [-0.4, -0.2) is 5.91 Å². The van der Waals surface area contributed by atoms with E-state index in [-0.39, 0.29) is 11.9 Å². The molecule has 0 fully saturated rings. The largest absolute Gasteiger partial charge is 0.326 e. The second-order valence-electron chi connectivity index (χ2n) is 6.19. The fourth-order valence-electron chi connectivity index (χ4n) is 3.20. The van der Waals surface area contributed by atoms with Crippen molar-refractivity contribution in [2.24, 2.45) is 5.73 Å². The monoisotopic (exact) mass is 294 g/mol. The molecule has 1 unspecified atom stereocenters. The van der Waals surface area contributed by atoms with Crippen molar-refractivity contribution in [1.29, 1.82) is 0 Å². The van der Waals surface area contributed by atoms with E-state index in [4.69, 9.17) is 5.73 Å². The molecular weight excluding hydrogens is 272 g/mol. The number of hydrogen-bond donors (Lipinski definition) is 2. The van der Waals surface area contributed by atoms with E-state index < -0.39 is 0 Å². The van der Waals surface area contributed by atoms with Crippen molar-refractivity contribution >= 4 is 11.6 Å². The molecule has 0 saturated heterocycles. The van der Waals surface area contributed by atoms with Crippen molar-refractivity contribution in [3.8, 4) is 0 Å². The molecule has 1 aliphatic rings. The van der Waals surface area contributed by atoms with E-state index in [1.54, 1.807) is 0 Å². The van der Waals surface area contributed by atoms with Gasteiger partial charge in [-0.25, -0.2) is 0 Å². The molecule has 0 saturated carbocycles. The Bertz CT molecular complexity index is 749. The Labute approximate surface area is 131 Å². The number of carbonyl (C=O) groups is 1. The summed E-state index contributed by atoms with van der Waals surface area (Å²) in [4.78, 5) is 11.6. The van der Waals surface area contributed by atoms with Gasteiger partial charge in [0, 0.05) is 12.1 Å². The van der Waals surface area contributed by atoms with Crippen LogP contribution in [0.2, 0.25) is 0 Å².